The lowest BCUT2D eigenvalue weighted by Crippen LogP contribution is -2.48. The zero-order chi connectivity index (χ0) is 31.4. The van der Waals surface area contributed by atoms with Crippen molar-refractivity contribution in [3.05, 3.63) is 52.5 Å². The number of benzene rings is 1. The van der Waals surface area contributed by atoms with Crippen LogP contribution in [0.25, 0.3) is 0 Å². The normalized spacial score (nSPS) is 16.7. The number of hydrogen-bond acceptors (Lipinski definition) is 6. The van der Waals surface area contributed by atoms with Crippen molar-refractivity contribution in [3.63, 3.8) is 0 Å². The second-order valence-electron chi connectivity index (χ2n) is 12.8. The van der Waals surface area contributed by atoms with E-state index in [0.717, 1.165) is 36.3 Å². The van der Waals surface area contributed by atoms with Crippen molar-refractivity contribution in [2.75, 3.05) is 20.6 Å². The molecule has 2 N–H and O–H groups in total. The molecule has 0 saturated heterocycles. The molecule has 1 aliphatic rings. The molecule has 1 fully saturated rings. The molecule has 3 amide bonds. The summed E-state index contributed by atoms with van der Waals surface area (Å²) in [5.41, 5.74) is 0.921. The van der Waals surface area contributed by atoms with E-state index in [9.17, 15) is 19.5 Å². The van der Waals surface area contributed by atoms with Gasteiger partial charge in [-0.2, -0.15) is 0 Å². The predicted octanol–water partition coefficient (Wildman–Crippen LogP) is 5.62. The summed E-state index contributed by atoms with van der Waals surface area (Å²) in [5, 5.41) is 17.1. The topological polar surface area (TPSA) is 103 Å². The molecule has 1 heterocycles. The highest BCUT2D eigenvalue weighted by molar-refractivity contribution is 7.09. The largest absolute Gasteiger partial charge is 0.391 e. The van der Waals surface area contributed by atoms with Gasteiger partial charge in [0.2, 0.25) is 17.7 Å². The molecule has 8 nitrogen and oxygen atoms in total. The molecule has 0 bridgehead atoms. The number of hydrogen-bond donors (Lipinski definition) is 2. The van der Waals surface area contributed by atoms with Crippen LogP contribution in [0.15, 0.2) is 41.9 Å². The minimum atomic E-state index is -0.676. The Morgan fingerprint density at radius 3 is 2.33 bits per heavy atom. The molecular formula is C34H52N4O4S. The van der Waals surface area contributed by atoms with Gasteiger partial charge in [0.15, 0.2) is 0 Å². The Bertz CT molecular complexity index is 1120. The highest BCUT2D eigenvalue weighted by atomic mass is 32.1. The van der Waals surface area contributed by atoms with Gasteiger partial charge in [0.1, 0.15) is 6.54 Å². The van der Waals surface area contributed by atoms with E-state index in [1.54, 1.807) is 25.2 Å². The van der Waals surface area contributed by atoms with Crippen molar-refractivity contribution in [3.8, 4) is 0 Å². The standard InChI is InChI=1S/C34H52N4O4S/c1-24(2)16-17-30(39)29(20-26-12-8-6-9-13-26)36-34(42)28(21-31-35-18-19-43-31)22-32(40)38(23-33(41)37(4)5)25(3)27-14-10-7-11-15-27/h7,10-11,14-15,18-19,24-26,28-30,39H,6,8-9,12-13,16-17,20-23H2,1-5H3,(H,36,42). The fraction of sp³-hybridized carbons (Fsp3) is 0.647. The zero-order valence-corrected chi connectivity index (χ0v) is 27.5. The molecule has 0 radical (unpaired) electrons. The Balaban J connectivity index is 1.83. The van der Waals surface area contributed by atoms with Gasteiger partial charge in [0.25, 0.3) is 0 Å². The number of likely N-dealkylation sites (N-methyl/N-ethyl adjacent to an activating group) is 1. The molecule has 1 aliphatic carbocycles. The van der Waals surface area contributed by atoms with Gasteiger partial charge in [-0.25, -0.2) is 4.98 Å². The summed E-state index contributed by atoms with van der Waals surface area (Å²) < 4.78 is 0. The van der Waals surface area contributed by atoms with Crippen molar-refractivity contribution >= 4 is 29.1 Å². The Morgan fingerprint density at radius 1 is 1.02 bits per heavy atom. The first-order valence-electron chi connectivity index (χ1n) is 16.0. The lowest BCUT2D eigenvalue weighted by molar-refractivity contribution is -0.143. The maximum absolute atomic E-state index is 14.0. The maximum atomic E-state index is 14.0. The smallest absolute Gasteiger partial charge is 0.241 e. The number of rotatable bonds is 16. The lowest BCUT2D eigenvalue weighted by atomic mass is 9.82. The highest BCUT2D eigenvalue weighted by Crippen LogP contribution is 2.30. The summed E-state index contributed by atoms with van der Waals surface area (Å²) in [7, 11) is 3.35. The number of nitrogens with one attached hydrogen (secondary N) is 1. The quantitative estimate of drug-likeness (QED) is 0.256. The Labute approximate surface area is 262 Å². The van der Waals surface area contributed by atoms with Crippen molar-refractivity contribution < 1.29 is 19.5 Å². The summed E-state index contributed by atoms with van der Waals surface area (Å²) in [5.74, 6) is -0.418. The minimum absolute atomic E-state index is 0.0540. The number of thiazole rings is 1. The summed E-state index contributed by atoms with van der Waals surface area (Å²) >= 11 is 1.46. The first kappa shape index (κ1) is 34.7. The molecule has 1 saturated carbocycles. The maximum Gasteiger partial charge on any atom is 0.241 e. The average molecular weight is 613 g/mol. The first-order valence-corrected chi connectivity index (χ1v) is 16.8. The van der Waals surface area contributed by atoms with Crippen LogP contribution in [0.2, 0.25) is 0 Å². The molecule has 43 heavy (non-hydrogen) atoms. The van der Waals surface area contributed by atoms with Crippen LogP contribution in [-0.4, -0.2) is 70.4 Å². The van der Waals surface area contributed by atoms with Gasteiger partial charge < -0.3 is 20.2 Å². The van der Waals surface area contributed by atoms with E-state index in [4.69, 9.17) is 0 Å². The van der Waals surface area contributed by atoms with Gasteiger partial charge in [0.05, 0.1) is 29.1 Å². The van der Waals surface area contributed by atoms with Crippen LogP contribution in [0.4, 0.5) is 0 Å². The number of aliphatic hydroxyl groups is 1. The van der Waals surface area contributed by atoms with Gasteiger partial charge in [-0.05, 0) is 43.6 Å². The monoisotopic (exact) mass is 612 g/mol. The minimum Gasteiger partial charge on any atom is -0.391 e. The van der Waals surface area contributed by atoms with Crippen LogP contribution in [0.3, 0.4) is 0 Å². The van der Waals surface area contributed by atoms with Gasteiger partial charge in [-0.3, -0.25) is 14.4 Å². The third-order valence-electron chi connectivity index (χ3n) is 8.71. The summed E-state index contributed by atoms with van der Waals surface area (Å²) in [6.07, 6.45) is 9.45. The molecule has 238 valence electrons. The zero-order valence-electron chi connectivity index (χ0n) is 26.7. The van der Waals surface area contributed by atoms with Crippen LogP contribution in [0, 0.1) is 17.8 Å². The molecule has 3 rings (SSSR count). The number of amides is 3. The average Bonchev–Trinajstić information content (AvgIpc) is 3.51. The predicted molar refractivity (Wildman–Crippen MR) is 172 cm³/mol. The second-order valence-corrected chi connectivity index (χ2v) is 13.8. The van der Waals surface area contributed by atoms with E-state index in [0.29, 0.717) is 24.7 Å². The Kier molecular flexibility index (Phi) is 14.1. The molecule has 4 atom stereocenters. The third-order valence-corrected chi connectivity index (χ3v) is 9.52. The molecular weight excluding hydrogens is 560 g/mol. The summed E-state index contributed by atoms with van der Waals surface area (Å²) in [4.78, 5) is 48.3. The van der Waals surface area contributed by atoms with E-state index >= 15 is 0 Å². The number of aliphatic hydroxyl groups excluding tert-OH is 1. The number of carbonyl (C=O) groups is 3. The van der Waals surface area contributed by atoms with E-state index in [-0.39, 0.29) is 42.8 Å². The van der Waals surface area contributed by atoms with Crippen molar-refractivity contribution in [2.24, 2.45) is 17.8 Å². The van der Waals surface area contributed by atoms with Gasteiger partial charge in [0, 0.05) is 38.5 Å². The van der Waals surface area contributed by atoms with Gasteiger partial charge >= 0.3 is 0 Å². The van der Waals surface area contributed by atoms with Crippen molar-refractivity contribution in [1.82, 2.24) is 20.1 Å². The molecule has 0 aliphatic heterocycles. The molecule has 2 aromatic rings. The van der Waals surface area contributed by atoms with Crippen LogP contribution in [0.5, 0.6) is 0 Å². The van der Waals surface area contributed by atoms with Crippen molar-refractivity contribution in [2.45, 2.75) is 103 Å². The summed E-state index contributed by atoms with van der Waals surface area (Å²) in [6.45, 7) is 6.11. The highest BCUT2D eigenvalue weighted by Gasteiger charge is 2.33. The van der Waals surface area contributed by atoms with Crippen LogP contribution >= 0.6 is 11.3 Å². The lowest BCUT2D eigenvalue weighted by Gasteiger charge is -2.33. The van der Waals surface area contributed by atoms with Crippen LogP contribution in [0.1, 0.15) is 95.2 Å². The van der Waals surface area contributed by atoms with Crippen molar-refractivity contribution in [1.29, 1.82) is 0 Å². The first-order chi connectivity index (χ1) is 20.5. The summed E-state index contributed by atoms with van der Waals surface area (Å²) in [6, 6.07) is 8.92. The van der Waals surface area contributed by atoms with Crippen LogP contribution < -0.4 is 5.32 Å². The molecule has 1 aromatic carbocycles. The van der Waals surface area contributed by atoms with E-state index < -0.39 is 12.0 Å². The van der Waals surface area contributed by atoms with Gasteiger partial charge in [-0.15, -0.1) is 11.3 Å². The van der Waals surface area contributed by atoms with Crippen LogP contribution in [-0.2, 0) is 20.8 Å². The Morgan fingerprint density at radius 2 is 1.72 bits per heavy atom. The molecule has 9 heteroatoms. The number of aromatic nitrogens is 1. The fourth-order valence-electron chi connectivity index (χ4n) is 5.89. The third kappa shape index (κ3) is 11.3. The van der Waals surface area contributed by atoms with E-state index in [1.165, 1.54) is 35.5 Å². The SMILES string of the molecule is CC(C)CCC(O)C(CC1CCCCC1)NC(=O)C(CC(=O)N(CC(=O)N(C)C)C(C)c1ccccc1)Cc1nccs1. The second kappa shape index (κ2) is 17.5. The van der Waals surface area contributed by atoms with E-state index in [1.807, 2.05) is 42.6 Å². The number of nitrogens with zero attached hydrogens (tertiary/aromatic N) is 3. The van der Waals surface area contributed by atoms with E-state index in [2.05, 4.69) is 24.1 Å². The molecule has 0 spiro atoms. The Hall–Kier alpha value is -2.78. The number of carbonyl (C=O) groups excluding carboxylic acids is 3. The van der Waals surface area contributed by atoms with Gasteiger partial charge in [-0.1, -0.05) is 76.3 Å². The molecule has 4 unspecified atom stereocenters. The fourth-order valence-corrected chi connectivity index (χ4v) is 6.59. The molecule has 1 aromatic heterocycles.